The Hall–Kier alpha value is -1.07. The van der Waals surface area contributed by atoms with Crippen molar-refractivity contribution >= 4 is 27.5 Å². The van der Waals surface area contributed by atoms with E-state index in [0.29, 0.717) is 5.92 Å². The third-order valence-electron chi connectivity index (χ3n) is 3.38. The lowest BCUT2D eigenvalue weighted by Gasteiger charge is -2.35. The number of anilines is 1. The fourth-order valence-electron chi connectivity index (χ4n) is 2.48. The van der Waals surface area contributed by atoms with Gasteiger partial charge < -0.3 is 15.7 Å². The maximum absolute atomic E-state index is 9.29. The van der Waals surface area contributed by atoms with E-state index >= 15 is 0 Å². The van der Waals surface area contributed by atoms with E-state index in [1.54, 1.807) is 0 Å². The van der Waals surface area contributed by atoms with Crippen LogP contribution in [0.5, 0.6) is 0 Å². The molecule has 5 heteroatoms. The predicted octanol–water partition coefficient (Wildman–Crippen LogP) is 1.94. The van der Waals surface area contributed by atoms with Crippen LogP contribution in [0, 0.1) is 11.3 Å². The zero-order valence-corrected chi connectivity index (χ0v) is 11.8. The third kappa shape index (κ3) is 2.67. The third-order valence-corrected chi connectivity index (χ3v) is 4.04. The van der Waals surface area contributed by atoms with Crippen LogP contribution in [0.4, 0.5) is 5.69 Å². The monoisotopic (exact) mass is 311 g/mol. The van der Waals surface area contributed by atoms with Crippen molar-refractivity contribution in [3.63, 3.8) is 0 Å². The van der Waals surface area contributed by atoms with E-state index < -0.39 is 0 Å². The number of amidine groups is 1. The minimum Gasteiger partial charge on any atom is -0.396 e. The fourth-order valence-corrected chi connectivity index (χ4v) is 3.05. The number of hydrogen-bond acceptors (Lipinski definition) is 3. The van der Waals surface area contributed by atoms with Crippen LogP contribution < -0.4 is 10.6 Å². The highest BCUT2D eigenvalue weighted by Crippen LogP contribution is 2.30. The van der Waals surface area contributed by atoms with E-state index in [1.807, 2.05) is 18.2 Å². The standard InChI is InChI=1S/C13H18BrN3O/c14-10-4-1-5-11(12(10)13(15)16)17-6-2-3-9(7-17)8-18/h1,4-5,9,18H,2-3,6-8H2,(H3,15,16). The maximum Gasteiger partial charge on any atom is 0.126 e. The summed E-state index contributed by atoms with van der Waals surface area (Å²) in [6, 6.07) is 5.84. The van der Waals surface area contributed by atoms with Crippen molar-refractivity contribution in [1.82, 2.24) is 0 Å². The normalized spacial score (nSPS) is 19.9. The van der Waals surface area contributed by atoms with Gasteiger partial charge in [-0.2, -0.15) is 0 Å². The summed E-state index contributed by atoms with van der Waals surface area (Å²) in [5, 5.41) is 17.0. The highest BCUT2D eigenvalue weighted by atomic mass is 79.9. The van der Waals surface area contributed by atoms with Crippen molar-refractivity contribution in [3.05, 3.63) is 28.2 Å². The predicted molar refractivity (Wildman–Crippen MR) is 77.2 cm³/mol. The second-order valence-corrected chi connectivity index (χ2v) is 5.54. The Morgan fingerprint density at radius 1 is 1.56 bits per heavy atom. The summed E-state index contributed by atoms with van der Waals surface area (Å²) in [5.41, 5.74) is 7.39. The molecule has 1 heterocycles. The molecular weight excluding hydrogens is 294 g/mol. The van der Waals surface area contributed by atoms with Gasteiger partial charge in [-0.05, 0) is 46.8 Å². The Morgan fingerprint density at radius 2 is 2.33 bits per heavy atom. The molecule has 0 radical (unpaired) electrons. The summed E-state index contributed by atoms with van der Waals surface area (Å²) in [4.78, 5) is 2.21. The van der Waals surface area contributed by atoms with Gasteiger partial charge in [0.25, 0.3) is 0 Å². The van der Waals surface area contributed by atoms with Crippen molar-refractivity contribution in [2.75, 3.05) is 24.6 Å². The second kappa shape index (κ2) is 5.71. The van der Waals surface area contributed by atoms with Crippen LogP contribution in [-0.2, 0) is 0 Å². The molecule has 4 N–H and O–H groups in total. The van der Waals surface area contributed by atoms with Gasteiger partial charge >= 0.3 is 0 Å². The SMILES string of the molecule is N=C(N)c1c(Br)cccc1N1CCCC(CO)C1. The topological polar surface area (TPSA) is 73.3 Å². The van der Waals surface area contributed by atoms with E-state index in [-0.39, 0.29) is 12.4 Å². The molecule has 98 valence electrons. The zero-order chi connectivity index (χ0) is 13.1. The van der Waals surface area contributed by atoms with Gasteiger partial charge in [0.1, 0.15) is 5.84 Å². The van der Waals surface area contributed by atoms with E-state index in [9.17, 15) is 5.11 Å². The highest BCUT2D eigenvalue weighted by molar-refractivity contribution is 9.10. The van der Waals surface area contributed by atoms with E-state index in [1.165, 1.54) is 0 Å². The van der Waals surface area contributed by atoms with E-state index in [4.69, 9.17) is 11.1 Å². The first-order valence-corrected chi connectivity index (χ1v) is 6.91. The highest BCUT2D eigenvalue weighted by Gasteiger charge is 2.22. The van der Waals surface area contributed by atoms with Gasteiger partial charge in [0.2, 0.25) is 0 Å². The quantitative estimate of drug-likeness (QED) is 0.590. The van der Waals surface area contributed by atoms with Gasteiger partial charge in [-0.15, -0.1) is 0 Å². The first-order chi connectivity index (χ1) is 8.63. The summed E-state index contributed by atoms with van der Waals surface area (Å²) in [6.45, 7) is 2.00. The smallest absolute Gasteiger partial charge is 0.126 e. The van der Waals surface area contributed by atoms with Crippen molar-refractivity contribution in [3.8, 4) is 0 Å². The van der Waals surface area contributed by atoms with Crippen LogP contribution in [-0.4, -0.2) is 30.6 Å². The molecule has 18 heavy (non-hydrogen) atoms. The van der Waals surface area contributed by atoms with Gasteiger partial charge in [-0.25, -0.2) is 0 Å². The second-order valence-electron chi connectivity index (χ2n) is 4.68. The molecule has 2 rings (SSSR count). The number of aliphatic hydroxyl groups excluding tert-OH is 1. The molecule has 1 saturated heterocycles. The molecule has 1 unspecified atom stereocenters. The molecule has 4 nitrogen and oxygen atoms in total. The number of nitrogen functional groups attached to an aromatic ring is 1. The van der Waals surface area contributed by atoms with Gasteiger partial charge in [0, 0.05) is 29.9 Å². The number of nitrogens with zero attached hydrogens (tertiary/aromatic N) is 1. The molecule has 1 aromatic rings. The maximum atomic E-state index is 9.29. The first kappa shape index (κ1) is 13.4. The fraction of sp³-hybridized carbons (Fsp3) is 0.462. The lowest BCUT2D eigenvalue weighted by atomic mass is 9.97. The average Bonchev–Trinajstić information content (AvgIpc) is 2.38. The number of rotatable bonds is 3. The number of aliphatic hydroxyl groups is 1. The van der Waals surface area contributed by atoms with Crippen LogP contribution in [0.2, 0.25) is 0 Å². The molecule has 0 saturated carbocycles. The summed E-state index contributed by atoms with van der Waals surface area (Å²) >= 11 is 3.45. The van der Waals surface area contributed by atoms with Crippen LogP contribution in [0.25, 0.3) is 0 Å². The van der Waals surface area contributed by atoms with E-state index in [2.05, 4.69) is 20.8 Å². The number of benzene rings is 1. The Bertz CT molecular complexity index is 450. The molecule has 1 aliphatic rings. The van der Waals surface area contributed by atoms with Crippen molar-refractivity contribution in [1.29, 1.82) is 5.41 Å². The van der Waals surface area contributed by atoms with Crippen molar-refractivity contribution < 1.29 is 5.11 Å². The summed E-state index contributed by atoms with van der Waals surface area (Å²) in [7, 11) is 0. The number of hydrogen-bond donors (Lipinski definition) is 3. The first-order valence-electron chi connectivity index (χ1n) is 6.12. The Kier molecular flexibility index (Phi) is 4.24. The Morgan fingerprint density at radius 3 is 3.00 bits per heavy atom. The number of halogens is 1. The number of nitrogens with one attached hydrogen (secondary N) is 1. The minimum atomic E-state index is 0.0728. The summed E-state index contributed by atoms with van der Waals surface area (Å²) < 4.78 is 0.846. The molecule has 0 amide bonds. The zero-order valence-electron chi connectivity index (χ0n) is 10.2. The summed E-state index contributed by atoms with van der Waals surface area (Å²) in [5.74, 6) is 0.390. The van der Waals surface area contributed by atoms with Gasteiger partial charge in [0.05, 0.1) is 5.56 Å². The molecular formula is C13H18BrN3O. The lowest BCUT2D eigenvalue weighted by molar-refractivity contribution is 0.208. The molecule has 0 spiro atoms. The Balaban J connectivity index is 2.32. The molecule has 1 fully saturated rings. The van der Waals surface area contributed by atoms with E-state index in [0.717, 1.165) is 41.7 Å². The largest absolute Gasteiger partial charge is 0.396 e. The minimum absolute atomic E-state index is 0.0728. The molecule has 1 atom stereocenters. The van der Waals surface area contributed by atoms with Crippen molar-refractivity contribution in [2.45, 2.75) is 12.8 Å². The number of nitrogens with two attached hydrogens (primary N) is 1. The molecule has 0 bridgehead atoms. The average molecular weight is 312 g/mol. The van der Waals surface area contributed by atoms with Gasteiger partial charge in [-0.1, -0.05) is 6.07 Å². The Labute approximate surface area is 115 Å². The molecule has 0 aliphatic carbocycles. The van der Waals surface area contributed by atoms with Crippen molar-refractivity contribution in [2.24, 2.45) is 11.7 Å². The lowest BCUT2D eigenvalue weighted by Crippen LogP contribution is -2.38. The number of piperidine rings is 1. The van der Waals surface area contributed by atoms with Crippen LogP contribution in [0.1, 0.15) is 18.4 Å². The molecule has 1 aromatic carbocycles. The van der Waals surface area contributed by atoms with Crippen LogP contribution in [0.3, 0.4) is 0 Å². The van der Waals surface area contributed by atoms with Gasteiger partial charge in [0.15, 0.2) is 0 Å². The molecule has 1 aliphatic heterocycles. The molecule has 0 aromatic heterocycles. The van der Waals surface area contributed by atoms with Crippen LogP contribution >= 0.6 is 15.9 Å². The van der Waals surface area contributed by atoms with Gasteiger partial charge in [-0.3, -0.25) is 5.41 Å². The summed E-state index contributed by atoms with van der Waals surface area (Å²) in [6.07, 6.45) is 2.13. The van der Waals surface area contributed by atoms with Crippen LogP contribution in [0.15, 0.2) is 22.7 Å².